The van der Waals surface area contributed by atoms with Crippen LogP contribution in [-0.2, 0) is 15.1 Å². The molecule has 0 radical (unpaired) electrons. The maximum absolute atomic E-state index is 12.4. The van der Waals surface area contributed by atoms with E-state index in [0.29, 0.717) is 12.5 Å². The molecule has 0 aromatic heterocycles. The maximum Gasteiger partial charge on any atom is 0.332 e. The number of benzene rings is 1. The van der Waals surface area contributed by atoms with Crippen LogP contribution in [0.25, 0.3) is 0 Å². The van der Waals surface area contributed by atoms with Crippen molar-refractivity contribution in [3.63, 3.8) is 0 Å². The van der Waals surface area contributed by atoms with Gasteiger partial charge < -0.3 is 15.0 Å². The van der Waals surface area contributed by atoms with E-state index in [1.807, 2.05) is 37.4 Å². The zero-order valence-corrected chi connectivity index (χ0v) is 12.6. The van der Waals surface area contributed by atoms with Gasteiger partial charge in [0.15, 0.2) is 5.54 Å². The van der Waals surface area contributed by atoms with Crippen LogP contribution in [0, 0.1) is 5.92 Å². The lowest BCUT2D eigenvalue weighted by molar-refractivity contribution is -0.149. The topological polar surface area (TPSA) is 41.6 Å². The van der Waals surface area contributed by atoms with Gasteiger partial charge in [-0.25, -0.2) is 4.79 Å². The Morgan fingerprint density at radius 2 is 2.15 bits per heavy atom. The minimum atomic E-state index is -0.792. The molecule has 1 aliphatic heterocycles. The van der Waals surface area contributed by atoms with E-state index in [1.54, 1.807) is 0 Å². The van der Waals surface area contributed by atoms with Crippen LogP contribution in [0.5, 0.6) is 0 Å². The highest BCUT2D eigenvalue weighted by Crippen LogP contribution is 2.27. The average molecular weight is 276 g/mol. The van der Waals surface area contributed by atoms with Crippen molar-refractivity contribution >= 4 is 5.97 Å². The summed E-state index contributed by atoms with van der Waals surface area (Å²) in [5.41, 5.74) is 0.161. The van der Waals surface area contributed by atoms with Crippen LogP contribution >= 0.6 is 0 Å². The van der Waals surface area contributed by atoms with E-state index in [0.717, 1.165) is 18.7 Å². The molecule has 20 heavy (non-hydrogen) atoms. The van der Waals surface area contributed by atoms with Crippen molar-refractivity contribution in [3.8, 4) is 0 Å². The molecule has 4 heteroatoms. The van der Waals surface area contributed by atoms with Gasteiger partial charge in [-0.1, -0.05) is 37.3 Å². The van der Waals surface area contributed by atoms with Gasteiger partial charge in [-0.3, -0.25) is 0 Å². The molecule has 1 aliphatic rings. The monoisotopic (exact) mass is 276 g/mol. The number of carbonyl (C=O) groups excluding carboxylic acids is 1. The van der Waals surface area contributed by atoms with Gasteiger partial charge in [0.05, 0.1) is 7.11 Å². The number of carbonyl (C=O) groups is 1. The number of hydrogen-bond acceptors (Lipinski definition) is 4. The van der Waals surface area contributed by atoms with Gasteiger partial charge in [0.1, 0.15) is 0 Å². The molecule has 0 bridgehead atoms. The lowest BCUT2D eigenvalue weighted by atomic mass is 9.89. The second-order valence-electron chi connectivity index (χ2n) is 5.64. The van der Waals surface area contributed by atoms with E-state index in [9.17, 15) is 4.79 Å². The van der Waals surface area contributed by atoms with Crippen molar-refractivity contribution in [1.82, 2.24) is 10.2 Å². The Balaban J connectivity index is 2.30. The summed E-state index contributed by atoms with van der Waals surface area (Å²) >= 11 is 0. The fourth-order valence-electron chi connectivity index (χ4n) is 3.00. The third-order valence-corrected chi connectivity index (χ3v) is 4.20. The molecule has 2 atom stereocenters. The van der Waals surface area contributed by atoms with Crippen molar-refractivity contribution in [3.05, 3.63) is 35.9 Å². The van der Waals surface area contributed by atoms with Gasteiger partial charge in [0.25, 0.3) is 0 Å². The van der Waals surface area contributed by atoms with Gasteiger partial charge in [-0.05, 0) is 31.5 Å². The van der Waals surface area contributed by atoms with E-state index >= 15 is 0 Å². The number of likely N-dealkylation sites (tertiary alicyclic amines) is 1. The normalized spacial score (nSPS) is 22.4. The van der Waals surface area contributed by atoms with Crippen LogP contribution in [0.3, 0.4) is 0 Å². The van der Waals surface area contributed by atoms with E-state index in [-0.39, 0.29) is 5.97 Å². The molecule has 0 amide bonds. The standard InChI is InChI=1S/C16H24N2O2/c1-13-9-10-18(11-13)12-16(17-2,15(19)20-3)14-7-5-4-6-8-14/h4-8,13,17H,9-12H2,1-3H3. The fourth-order valence-corrected chi connectivity index (χ4v) is 3.00. The molecule has 1 saturated heterocycles. The van der Waals surface area contributed by atoms with Crippen LogP contribution in [0.4, 0.5) is 0 Å². The van der Waals surface area contributed by atoms with E-state index in [2.05, 4.69) is 17.1 Å². The van der Waals surface area contributed by atoms with E-state index < -0.39 is 5.54 Å². The summed E-state index contributed by atoms with van der Waals surface area (Å²) in [4.78, 5) is 14.8. The molecule has 2 rings (SSSR count). The smallest absolute Gasteiger partial charge is 0.332 e. The number of hydrogen-bond donors (Lipinski definition) is 1. The Morgan fingerprint density at radius 3 is 2.65 bits per heavy atom. The second-order valence-corrected chi connectivity index (χ2v) is 5.64. The van der Waals surface area contributed by atoms with Crippen LogP contribution in [0.2, 0.25) is 0 Å². The summed E-state index contributed by atoms with van der Waals surface area (Å²) < 4.78 is 5.07. The summed E-state index contributed by atoms with van der Waals surface area (Å²) in [6.45, 7) is 4.97. The third kappa shape index (κ3) is 2.86. The van der Waals surface area contributed by atoms with Gasteiger partial charge in [0.2, 0.25) is 0 Å². The number of nitrogens with zero attached hydrogens (tertiary/aromatic N) is 1. The summed E-state index contributed by atoms with van der Waals surface area (Å²) in [6, 6.07) is 9.83. The summed E-state index contributed by atoms with van der Waals surface area (Å²) in [7, 11) is 3.27. The molecule has 0 saturated carbocycles. The Hall–Kier alpha value is -1.39. The zero-order chi connectivity index (χ0) is 14.6. The lowest BCUT2D eigenvalue weighted by Gasteiger charge is -2.34. The molecule has 1 aromatic carbocycles. The molecule has 0 aliphatic carbocycles. The molecule has 0 spiro atoms. The number of rotatable bonds is 5. The molecular formula is C16H24N2O2. The Morgan fingerprint density at radius 1 is 1.45 bits per heavy atom. The quantitative estimate of drug-likeness (QED) is 0.830. The molecule has 1 N–H and O–H groups in total. The van der Waals surface area contributed by atoms with Crippen molar-refractivity contribution < 1.29 is 9.53 Å². The summed E-state index contributed by atoms with van der Waals surface area (Å²) in [5, 5.41) is 3.21. The van der Waals surface area contributed by atoms with Crippen molar-refractivity contribution in [1.29, 1.82) is 0 Å². The largest absolute Gasteiger partial charge is 0.467 e. The first-order valence-electron chi connectivity index (χ1n) is 7.17. The first-order valence-corrected chi connectivity index (χ1v) is 7.17. The molecule has 2 unspecified atom stereocenters. The van der Waals surface area contributed by atoms with Crippen molar-refractivity contribution in [2.45, 2.75) is 18.9 Å². The highest BCUT2D eigenvalue weighted by molar-refractivity contribution is 5.83. The van der Waals surface area contributed by atoms with Gasteiger partial charge >= 0.3 is 5.97 Å². The van der Waals surface area contributed by atoms with E-state index in [1.165, 1.54) is 13.5 Å². The van der Waals surface area contributed by atoms with Gasteiger partial charge in [0, 0.05) is 13.1 Å². The minimum absolute atomic E-state index is 0.231. The predicted molar refractivity (Wildman–Crippen MR) is 79.4 cm³/mol. The summed E-state index contributed by atoms with van der Waals surface area (Å²) in [6.07, 6.45) is 1.19. The molecule has 1 heterocycles. The van der Waals surface area contributed by atoms with Crippen LogP contribution in [0.15, 0.2) is 30.3 Å². The number of methoxy groups -OCH3 is 1. The highest BCUT2D eigenvalue weighted by atomic mass is 16.5. The number of nitrogens with one attached hydrogen (secondary N) is 1. The Bertz CT molecular complexity index is 449. The zero-order valence-electron chi connectivity index (χ0n) is 12.6. The predicted octanol–water partition coefficient (Wildman–Crippen LogP) is 1.62. The average Bonchev–Trinajstić information content (AvgIpc) is 2.90. The van der Waals surface area contributed by atoms with Gasteiger partial charge in [-0.2, -0.15) is 0 Å². The molecule has 110 valence electrons. The molecule has 4 nitrogen and oxygen atoms in total. The molecule has 1 fully saturated rings. The SMILES string of the molecule is CNC(CN1CCC(C)C1)(C(=O)OC)c1ccccc1. The molecular weight excluding hydrogens is 252 g/mol. The van der Waals surface area contributed by atoms with Crippen molar-refractivity contribution in [2.24, 2.45) is 5.92 Å². The van der Waals surface area contributed by atoms with Crippen LogP contribution in [0.1, 0.15) is 18.9 Å². The highest BCUT2D eigenvalue weighted by Gasteiger charge is 2.42. The third-order valence-electron chi connectivity index (χ3n) is 4.20. The van der Waals surface area contributed by atoms with Crippen LogP contribution in [-0.4, -0.2) is 44.7 Å². The summed E-state index contributed by atoms with van der Waals surface area (Å²) in [5.74, 6) is 0.462. The Kier molecular flexibility index (Phi) is 4.78. The fraction of sp³-hybridized carbons (Fsp3) is 0.562. The molecule has 1 aromatic rings. The first-order chi connectivity index (χ1) is 9.62. The van der Waals surface area contributed by atoms with E-state index in [4.69, 9.17) is 4.74 Å². The number of ether oxygens (including phenoxy) is 1. The number of esters is 1. The van der Waals surface area contributed by atoms with Crippen LogP contribution < -0.4 is 5.32 Å². The maximum atomic E-state index is 12.4. The van der Waals surface area contributed by atoms with Crippen molar-refractivity contribution in [2.75, 3.05) is 33.8 Å². The number of likely N-dealkylation sites (N-methyl/N-ethyl adjacent to an activating group) is 1. The minimum Gasteiger partial charge on any atom is -0.467 e. The first kappa shape index (κ1) is 15.0. The second kappa shape index (κ2) is 6.37. The van der Waals surface area contributed by atoms with Gasteiger partial charge in [-0.15, -0.1) is 0 Å². The Labute approximate surface area is 121 Å². The lowest BCUT2D eigenvalue weighted by Crippen LogP contribution is -2.55.